The van der Waals surface area contributed by atoms with Crippen molar-refractivity contribution in [3.8, 4) is 5.75 Å². The number of para-hydroxylation sites is 1. The molecule has 3 rings (SSSR count). The van der Waals surface area contributed by atoms with Crippen LogP contribution in [0.2, 0.25) is 0 Å². The second-order valence-corrected chi connectivity index (χ2v) is 4.21. The molecule has 0 bridgehead atoms. The Morgan fingerprint density at radius 3 is 1.45 bits per heavy atom. The highest BCUT2D eigenvalue weighted by Gasteiger charge is 2.50. The number of phenolic OH excluding ortho intramolecular Hbond substituents is 1. The fraction of sp³-hybridized carbons (Fsp3) is 0.0667. The van der Waals surface area contributed by atoms with Crippen molar-refractivity contribution in [2.24, 2.45) is 0 Å². The largest absolute Gasteiger partial charge is 0.508 e. The van der Waals surface area contributed by atoms with Crippen LogP contribution in [0.3, 0.4) is 0 Å². The molecule has 0 amide bonds. The number of benzene rings is 2. The number of Topliss-reactive ketones (excluding diaryl/α,β-unsaturated/α-hetero) is 2. The molecule has 0 atom stereocenters. The van der Waals surface area contributed by atoms with E-state index in [1.807, 2.05) is 6.07 Å². The first-order valence-electron chi connectivity index (χ1n) is 5.82. The highest BCUT2D eigenvalue weighted by molar-refractivity contribution is 6.30. The monoisotopic (exact) mass is 272 g/mol. The Bertz CT molecular complexity index is 609. The molecule has 5 heteroatoms. The SMILES string of the molecule is O=C1c2ccccc2C(=O)C1(O)O.Oc1ccccc1. The Morgan fingerprint density at radius 2 is 1.10 bits per heavy atom. The lowest BCUT2D eigenvalue weighted by atomic mass is 10.1. The van der Waals surface area contributed by atoms with Crippen molar-refractivity contribution in [1.29, 1.82) is 0 Å². The molecule has 0 spiro atoms. The summed E-state index contributed by atoms with van der Waals surface area (Å²) in [5.41, 5.74) is 0.134. The summed E-state index contributed by atoms with van der Waals surface area (Å²) in [4.78, 5) is 22.4. The van der Waals surface area contributed by atoms with Crippen LogP contribution in [0.5, 0.6) is 5.75 Å². The van der Waals surface area contributed by atoms with Crippen molar-refractivity contribution < 1.29 is 24.9 Å². The predicted molar refractivity (Wildman–Crippen MR) is 70.4 cm³/mol. The second kappa shape index (κ2) is 5.24. The average Bonchev–Trinajstić information content (AvgIpc) is 2.63. The Morgan fingerprint density at radius 1 is 0.700 bits per heavy atom. The van der Waals surface area contributed by atoms with Crippen molar-refractivity contribution >= 4 is 11.6 Å². The number of aliphatic hydroxyl groups is 2. The van der Waals surface area contributed by atoms with Crippen LogP contribution in [-0.2, 0) is 0 Å². The van der Waals surface area contributed by atoms with Crippen LogP contribution in [-0.4, -0.2) is 32.7 Å². The van der Waals surface area contributed by atoms with Crippen LogP contribution in [0, 0.1) is 0 Å². The zero-order valence-corrected chi connectivity index (χ0v) is 10.4. The molecule has 20 heavy (non-hydrogen) atoms. The van der Waals surface area contributed by atoms with E-state index in [1.165, 1.54) is 12.1 Å². The fourth-order valence-corrected chi connectivity index (χ4v) is 1.79. The molecule has 0 heterocycles. The Hall–Kier alpha value is -2.50. The van der Waals surface area contributed by atoms with Crippen LogP contribution < -0.4 is 0 Å². The van der Waals surface area contributed by atoms with Crippen LogP contribution >= 0.6 is 0 Å². The summed E-state index contributed by atoms with van der Waals surface area (Å²) in [7, 11) is 0. The lowest BCUT2D eigenvalue weighted by Gasteiger charge is -2.08. The number of carbonyl (C=O) groups is 2. The van der Waals surface area contributed by atoms with E-state index in [-0.39, 0.29) is 11.1 Å². The molecule has 102 valence electrons. The molecule has 0 aliphatic heterocycles. The van der Waals surface area contributed by atoms with E-state index >= 15 is 0 Å². The van der Waals surface area contributed by atoms with Gasteiger partial charge in [0.25, 0.3) is 5.79 Å². The number of ketones is 2. The summed E-state index contributed by atoms with van der Waals surface area (Å²) in [5, 5.41) is 26.9. The van der Waals surface area contributed by atoms with Crippen molar-refractivity contribution in [3.63, 3.8) is 0 Å². The molecule has 2 aromatic rings. The van der Waals surface area contributed by atoms with E-state index in [4.69, 9.17) is 15.3 Å². The lowest BCUT2D eigenvalue weighted by molar-refractivity contribution is -0.0857. The van der Waals surface area contributed by atoms with Crippen molar-refractivity contribution in [3.05, 3.63) is 65.7 Å². The van der Waals surface area contributed by atoms with Crippen molar-refractivity contribution in [2.75, 3.05) is 0 Å². The fourth-order valence-electron chi connectivity index (χ4n) is 1.79. The van der Waals surface area contributed by atoms with Crippen molar-refractivity contribution in [2.45, 2.75) is 5.79 Å². The number of carbonyl (C=O) groups excluding carboxylic acids is 2. The summed E-state index contributed by atoms with van der Waals surface area (Å²) in [6.45, 7) is 0. The third-order valence-electron chi connectivity index (χ3n) is 2.81. The highest BCUT2D eigenvalue weighted by atomic mass is 16.5. The van der Waals surface area contributed by atoms with E-state index in [1.54, 1.807) is 36.4 Å². The predicted octanol–water partition coefficient (Wildman–Crippen LogP) is 1.14. The topological polar surface area (TPSA) is 94.8 Å². The summed E-state index contributed by atoms with van der Waals surface area (Å²) in [5.74, 6) is -4.44. The minimum atomic E-state index is -2.86. The molecule has 0 saturated heterocycles. The molecular formula is C15H12O5. The van der Waals surface area contributed by atoms with Gasteiger partial charge in [-0.1, -0.05) is 42.5 Å². The van der Waals surface area contributed by atoms with Crippen LogP contribution in [0.4, 0.5) is 0 Å². The van der Waals surface area contributed by atoms with Gasteiger partial charge in [0, 0.05) is 11.1 Å². The van der Waals surface area contributed by atoms with E-state index in [2.05, 4.69) is 0 Å². The van der Waals surface area contributed by atoms with Gasteiger partial charge in [0.15, 0.2) is 0 Å². The first-order valence-corrected chi connectivity index (χ1v) is 5.82. The number of hydrogen-bond acceptors (Lipinski definition) is 5. The second-order valence-electron chi connectivity index (χ2n) is 4.21. The smallest absolute Gasteiger partial charge is 0.295 e. The third-order valence-corrected chi connectivity index (χ3v) is 2.81. The molecule has 1 aliphatic carbocycles. The minimum absolute atomic E-state index is 0.0671. The van der Waals surface area contributed by atoms with Gasteiger partial charge in [-0.3, -0.25) is 9.59 Å². The van der Waals surface area contributed by atoms with Gasteiger partial charge in [-0.25, -0.2) is 0 Å². The summed E-state index contributed by atoms with van der Waals surface area (Å²) >= 11 is 0. The molecule has 0 unspecified atom stereocenters. The van der Waals surface area contributed by atoms with Gasteiger partial charge < -0.3 is 15.3 Å². The van der Waals surface area contributed by atoms with Gasteiger partial charge in [-0.15, -0.1) is 0 Å². The van der Waals surface area contributed by atoms with Crippen LogP contribution in [0.1, 0.15) is 20.7 Å². The first-order chi connectivity index (χ1) is 9.44. The van der Waals surface area contributed by atoms with E-state index in [0.29, 0.717) is 5.75 Å². The molecule has 1 aliphatic rings. The maximum Gasteiger partial charge on any atom is 0.295 e. The molecule has 0 aromatic heterocycles. The molecule has 5 nitrogen and oxygen atoms in total. The van der Waals surface area contributed by atoms with E-state index in [9.17, 15) is 9.59 Å². The molecule has 2 aromatic carbocycles. The van der Waals surface area contributed by atoms with E-state index in [0.717, 1.165) is 0 Å². The normalized spacial score (nSPS) is 15.3. The number of phenols is 1. The molecule has 0 fully saturated rings. The Balaban J connectivity index is 0.000000178. The summed E-state index contributed by atoms with van der Waals surface area (Å²) < 4.78 is 0. The number of rotatable bonds is 0. The summed E-state index contributed by atoms with van der Waals surface area (Å²) in [6.07, 6.45) is 0. The first kappa shape index (κ1) is 13.9. The average molecular weight is 272 g/mol. The van der Waals surface area contributed by atoms with Gasteiger partial charge in [0.1, 0.15) is 5.75 Å². The molecule has 3 N–H and O–H groups in total. The highest BCUT2D eigenvalue weighted by Crippen LogP contribution is 2.27. The Kier molecular flexibility index (Phi) is 3.65. The number of hydrogen-bond donors (Lipinski definition) is 3. The minimum Gasteiger partial charge on any atom is -0.508 e. The molecular weight excluding hydrogens is 260 g/mol. The third kappa shape index (κ3) is 2.45. The van der Waals surface area contributed by atoms with Gasteiger partial charge >= 0.3 is 0 Å². The van der Waals surface area contributed by atoms with E-state index < -0.39 is 17.4 Å². The van der Waals surface area contributed by atoms with Gasteiger partial charge in [0.05, 0.1) is 0 Å². The molecule has 0 radical (unpaired) electrons. The van der Waals surface area contributed by atoms with Gasteiger partial charge in [0.2, 0.25) is 11.6 Å². The standard InChI is InChI=1S/C9H6O4.C6H6O/c10-7-5-3-1-2-4-6(5)8(11)9(7,12)13;7-6-4-2-1-3-5-6/h1-4,12-13H;1-5,7H. The lowest BCUT2D eigenvalue weighted by Crippen LogP contribution is -2.40. The Labute approximate surface area is 114 Å². The van der Waals surface area contributed by atoms with Crippen molar-refractivity contribution in [1.82, 2.24) is 0 Å². The molecule has 0 saturated carbocycles. The zero-order valence-electron chi connectivity index (χ0n) is 10.4. The summed E-state index contributed by atoms with van der Waals surface area (Å²) in [6, 6.07) is 14.6. The maximum atomic E-state index is 11.2. The van der Waals surface area contributed by atoms with Crippen LogP contribution in [0.15, 0.2) is 54.6 Å². The number of aromatic hydroxyl groups is 1. The zero-order chi connectivity index (χ0) is 14.8. The van der Waals surface area contributed by atoms with Gasteiger partial charge in [-0.2, -0.15) is 0 Å². The van der Waals surface area contributed by atoms with Crippen LogP contribution in [0.25, 0.3) is 0 Å². The van der Waals surface area contributed by atoms with Gasteiger partial charge in [-0.05, 0) is 12.1 Å². The maximum absolute atomic E-state index is 11.2. The quantitative estimate of drug-likeness (QED) is 0.494. The number of fused-ring (bicyclic) bond motifs is 1.